The van der Waals surface area contributed by atoms with E-state index in [-0.39, 0.29) is 6.54 Å². The predicted octanol–water partition coefficient (Wildman–Crippen LogP) is 0.900. The number of nitrogens with zero attached hydrogens (tertiary/aromatic N) is 4. The zero-order valence-electron chi connectivity index (χ0n) is 9.30. The van der Waals surface area contributed by atoms with Crippen LogP contribution in [0.1, 0.15) is 0 Å². The third-order valence-electron chi connectivity index (χ3n) is 2.32. The summed E-state index contributed by atoms with van der Waals surface area (Å²) in [6.07, 6.45) is 0. The summed E-state index contributed by atoms with van der Waals surface area (Å²) in [4.78, 5) is 0. The van der Waals surface area contributed by atoms with Crippen molar-refractivity contribution in [3.63, 3.8) is 0 Å². The van der Waals surface area contributed by atoms with Gasteiger partial charge in [0, 0.05) is 0 Å². The molecule has 0 saturated heterocycles. The molecule has 0 aliphatic rings. The highest BCUT2D eigenvalue weighted by atomic mass is 19.1. The van der Waals surface area contributed by atoms with E-state index in [4.69, 9.17) is 10.5 Å². The first kappa shape index (κ1) is 11.3. The van der Waals surface area contributed by atoms with Crippen molar-refractivity contribution in [3.8, 4) is 17.1 Å². The lowest BCUT2D eigenvalue weighted by Crippen LogP contribution is -2.05. The summed E-state index contributed by atoms with van der Waals surface area (Å²) < 4.78 is 18.9. The molecule has 0 bridgehead atoms. The van der Waals surface area contributed by atoms with Crippen molar-refractivity contribution < 1.29 is 9.13 Å². The summed E-state index contributed by atoms with van der Waals surface area (Å²) in [7, 11) is 1.51. The van der Waals surface area contributed by atoms with E-state index in [2.05, 4.69) is 15.5 Å². The monoisotopic (exact) mass is 237 g/mol. The number of ether oxygens (including phenoxy) is 1. The molecule has 0 spiro atoms. The minimum absolute atomic E-state index is 0.0975. The Morgan fingerprint density at radius 3 is 3.00 bits per heavy atom. The molecule has 2 N–H and O–H groups in total. The summed E-state index contributed by atoms with van der Waals surface area (Å²) >= 11 is 0. The van der Waals surface area contributed by atoms with Gasteiger partial charge in [-0.15, -0.1) is 5.10 Å². The number of hydrogen-bond acceptors (Lipinski definition) is 5. The molecule has 0 radical (unpaired) electrons. The van der Waals surface area contributed by atoms with E-state index in [1.54, 1.807) is 18.2 Å². The van der Waals surface area contributed by atoms with Crippen LogP contribution in [0.4, 0.5) is 10.1 Å². The summed E-state index contributed by atoms with van der Waals surface area (Å²) in [6.45, 7) is -0.442. The number of nitrogen functional groups attached to an aromatic ring is 1. The Labute approximate surface area is 97.2 Å². The predicted molar refractivity (Wildman–Crippen MR) is 60.2 cm³/mol. The smallest absolute Gasteiger partial charge is 0.185 e. The highest BCUT2D eigenvalue weighted by Gasteiger charge is 2.15. The Morgan fingerprint density at radius 2 is 2.29 bits per heavy atom. The van der Waals surface area contributed by atoms with E-state index in [1.807, 2.05) is 0 Å². The van der Waals surface area contributed by atoms with Crippen LogP contribution in [0.25, 0.3) is 11.4 Å². The molecule has 7 heteroatoms. The van der Waals surface area contributed by atoms with E-state index in [0.29, 0.717) is 22.8 Å². The summed E-state index contributed by atoms with van der Waals surface area (Å²) in [6, 6.07) is 5.25. The van der Waals surface area contributed by atoms with Crippen LogP contribution in [0.3, 0.4) is 0 Å². The number of alkyl halides is 1. The fourth-order valence-electron chi connectivity index (χ4n) is 1.59. The number of halogens is 1. The van der Waals surface area contributed by atoms with Crippen molar-refractivity contribution in [1.82, 2.24) is 20.2 Å². The van der Waals surface area contributed by atoms with Gasteiger partial charge in [-0.3, -0.25) is 0 Å². The number of anilines is 1. The first-order valence-electron chi connectivity index (χ1n) is 5.03. The molecule has 0 fully saturated rings. The van der Waals surface area contributed by atoms with Crippen molar-refractivity contribution in [2.24, 2.45) is 0 Å². The zero-order valence-corrected chi connectivity index (χ0v) is 9.30. The van der Waals surface area contributed by atoms with Crippen LogP contribution in [0, 0.1) is 0 Å². The normalized spacial score (nSPS) is 10.5. The van der Waals surface area contributed by atoms with Crippen LogP contribution in [0.2, 0.25) is 0 Å². The number of tetrazole rings is 1. The molecule has 1 heterocycles. The third kappa shape index (κ3) is 2.03. The lowest BCUT2D eigenvalue weighted by Gasteiger charge is -2.10. The van der Waals surface area contributed by atoms with Crippen LogP contribution in [0.5, 0.6) is 5.75 Å². The van der Waals surface area contributed by atoms with Gasteiger partial charge in [-0.2, -0.15) is 0 Å². The van der Waals surface area contributed by atoms with Crippen molar-refractivity contribution in [2.45, 2.75) is 6.54 Å². The number of para-hydroxylation sites is 1. The van der Waals surface area contributed by atoms with Gasteiger partial charge in [0.25, 0.3) is 0 Å². The summed E-state index contributed by atoms with van der Waals surface area (Å²) in [5.74, 6) is 0.925. The molecule has 17 heavy (non-hydrogen) atoms. The fourth-order valence-corrected chi connectivity index (χ4v) is 1.59. The van der Waals surface area contributed by atoms with Gasteiger partial charge in [0.2, 0.25) is 0 Å². The van der Waals surface area contributed by atoms with Crippen molar-refractivity contribution in [3.05, 3.63) is 18.2 Å². The van der Waals surface area contributed by atoms with Gasteiger partial charge in [-0.05, 0) is 22.6 Å². The first-order valence-corrected chi connectivity index (χ1v) is 5.03. The average molecular weight is 237 g/mol. The van der Waals surface area contributed by atoms with E-state index >= 15 is 0 Å². The van der Waals surface area contributed by atoms with Gasteiger partial charge in [0.05, 0.1) is 24.9 Å². The molecule has 6 nitrogen and oxygen atoms in total. The second-order valence-electron chi connectivity index (χ2n) is 3.34. The second-order valence-corrected chi connectivity index (χ2v) is 3.34. The number of benzene rings is 1. The molecule has 1 aromatic heterocycles. The number of rotatable bonds is 4. The van der Waals surface area contributed by atoms with Gasteiger partial charge in [0.1, 0.15) is 6.67 Å². The molecule has 0 aliphatic carbocycles. The highest BCUT2D eigenvalue weighted by molar-refractivity contribution is 5.73. The number of nitrogens with two attached hydrogens (primary N) is 1. The molecule has 0 amide bonds. The standard InChI is InChI=1S/C10H12FN5O/c1-17-9-7(3-2-4-8(9)12)10-13-14-15-16(10)6-5-11/h2-4H,5-6,12H2,1H3. The van der Waals surface area contributed by atoms with Gasteiger partial charge < -0.3 is 10.5 Å². The van der Waals surface area contributed by atoms with Gasteiger partial charge in [-0.25, -0.2) is 9.07 Å². The maximum Gasteiger partial charge on any atom is 0.185 e. The Kier molecular flexibility index (Phi) is 3.17. The molecule has 2 aromatic rings. The van der Waals surface area contributed by atoms with Crippen LogP contribution < -0.4 is 10.5 Å². The van der Waals surface area contributed by atoms with Crippen LogP contribution in [0.15, 0.2) is 18.2 Å². The molecular formula is C10H12FN5O. The average Bonchev–Trinajstić information content (AvgIpc) is 2.77. The molecule has 0 unspecified atom stereocenters. The van der Waals surface area contributed by atoms with Gasteiger partial charge in [-0.1, -0.05) is 6.07 Å². The van der Waals surface area contributed by atoms with E-state index in [9.17, 15) is 4.39 Å². The van der Waals surface area contributed by atoms with Crippen molar-refractivity contribution >= 4 is 5.69 Å². The Balaban J connectivity index is 2.52. The first-order chi connectivity index (χ1) is 8.27. The van der Waals surface area contributed by atoms with E-state index in [1.165, 1.54) is 11.8 Å². The molecule has 1 aromatic carbocycles. The van der Waals surface area contributed by atoms with Gasteiger partial charge >= 0.3 is 0 Å². The molecule has 90 valence electrons. The van der Waals surface area contributed by atoms with Crippen LogP contribution in [-0.4, -0.2) is 34.0 Å². The molecule has 0 saturated carbocycles. The highest BCUT2D eigenvalue weighted by Crippen LogP contribution is 2.32. The molecule has 0 aliphatic heterocycles. The summed E-state index contributed by atoms with van der Waals surface area (Å²) in [5.41, 5.74) is 6.92. The maximum atomic E-state index is 12.3. The van der Waals surface area contributed by atoms with Crippen molar-refractivity contribution in [1.29, 1.82) is 0 Å². The SMILES string of the molecule is COc1c(N)cccc1-c1nnnn1CCF. The van der Waals surface area contributed by atoms with Gasteiger partial charge in [0.15, 0.2) is 11.6 Å². The third-order valence-corrected chi connectivity index (χ3v) is 2.32. The molecule has 2 rings (SSSR count). The fraction of sp³-hybridized carbons (Fsp3) is 0.300. The van der Waals surface area contributed by atoms with Crippen LogP contribution >= 0.6 is 0 Å². The van der Waals surface area contributed by atoms with E-state index in [0.717, 1.165) is 0 Å². The zero-order chi connectivity index (χ0) is 12.3. The van der Waals surface area contributed by atoms with E-state index < -0.39 is 6.67 Å². The molecular weight excluding hydrogens is 225 g/mol. The minimum atomic E-state index is -0.539. The van der Waals surface area contributed by atoms with Crippen LogP contribution in [-0.2, 0) is 6.54 Å². The number of hydrogen-bond donors (Lipinski definition) is 1. The lowest BCUT2D eigenvalue weighted by molar-refractivity contribution is 0.413. The largest absolute Gasteiger partial charge is 0.494 e. The number of methoxy groups -OCH3 is 1. The Hall–Kier alpha value is -2.18. The number of aryl methyl sites for hydroxylation is 1. The minimum Gasteiger partial charge on any atom is -0.494 e. The molecule has 0 atom stereocenters. The lowest BCUT2D eigenvalue weighted by atomic mass is 10.1. The maximum absolute atomic E-state index is 12.3. The van der Waals surface area contributed by atoms with Crippen molar-refractivity contribution in [2.75, 3.05) is 19.5 Å². The Bertz CT molecular complexity index is 513. The number of aromatic nitrogens is 4. The topological polar surface area (TPSA) is 78.8 Å². The second kappa shape index (κ2) is 4.77. The Morgan fingerprint density at radius 1 is 1.47 bits per heavy atom. The summed E-state index contributed by atoms with van der Waals surface area (Å²) in [5, 5.41) is 11.1. The quantitative estimate of drug-likeness (QED) is 0.799.